The van der Waals surface area contributed by atoms with E-state index in [0.29, 0.717) is 38.5 Å². The highest BCUT2D eigenvalue weighted by Crippen LogP contribution is 2.37. The summed E-state index contributed by atoms with van der Waals surface area (Å²) in [6.45, 7) is 5.96. The maximum absolute atomic E-state index is 14.9. The van der Waals surface area contributed by atoms with Crippen molar-refractivity contribution in [2.24, 2.45) is 5.92 Å². The molecule has 1 amide bonds. The second-order valence-corrected chi connectivity index (χ2v) is 10.5. The fourth-order valence-electron chi connectivity index (χ4n) is 5.59. The van der Waals surface area contributed by atoms with Crippen molar-refractivity contribution in [3.63, 3.8) is 0 Å². The van der Waals surface area contributed by atoms with Crippen LogP contribution in [0.3, 0.4) is 0 Å². The number of amides is 1. The molecule has 1 aromatic carbocycles. The lowest BCUT2D eigenvalue weighted by atomic mass is 9.99. The average Bonchev–Trinajstić information content (AvgIpc) is 3.29. The van der Waals surface area contributed by atoms with Crippen molar-refractivity contribution >= 4 is 11.7 Å². The quantitative estimate of drug-likeness (QED) is 0.569. The van der Waals surface area contributed by atoms with E-state index < -0.39 is 23.8 Å². The molecule has 2 fully saturated rings. The Hall–Kier alpha value is -2.72. The number of morpholine rings is 1. The van der Waals surface area contributed by atoms with Crippen LogP contribution < -0.4 is 5.32 Å². The summed E-state index contributed by atoms with van der Waals surface area (Å²) in [6, 6.07) is 3.55. The molecule has 1 aliphatic carbocycles. The van der Waals surface area contributed by atoms with Crippen LogP contribution in [0.15, 0.2) is 18.2 Å². The number of anilines is 1. The van der Waals surface area contributed by atoms with Crippen LogP contribution in [0.4, 0.5) is 19.0 Å². The minimum Gasteiger partial charge on any atom is -0.378 e. The summed E-state index contributed by atoms with van der Waals surface area (Å²) in [4.78, 5) is 26.5. The van der Waals surface area contributed by atoms with E-state index in [-0.39, 0.29) is 23.3 Å². The predicted octanol–water partition coefficient (Wildman–Crippen LogP) is 4.11. The first-order chi connectivity index (χ1) is 17.8. The van der Waals surface area contributed by atoms with Gasteiger partial charge in [-0.15, -0.1) is 0 Å². The third-order valence-electron chi connectivity index (χ3n) is 7.76. The van der Waals surface area contributed by atoms with Crippen LogP contribution in [0.2, 0.25) is 0 Å². The lowest BCUT2D eigenvalue weighted by Crippen LogP contribution is -2.42. The number of alkyl halides is 2. The first kappa shape index (κ1) is 25.9. The molecule has 2 atom stereocenters. The molecule has 37 heavy (non-hydrogen) atoms. The van der Waals surface area contributed by atoms with Crippen molar-refractivity contribution in [3.8, 4) is 0 Å². The zero-order chi connectivity index (χ0) is 26.1. The van der Waals surface area contributed by atoms with Crippen molar-refractivity contribution in [2.45, 2.75) is 51.0 Å². The van der Waals surface area contributed by atoms with Crippen molar-refractivity contribution in [3.05, 3.63) is 52.2 Å². The maximum atomic E-state index is 14.9. The van der Waals surface area contributed by atoms with Gasteiger partial charge in [-0.25, -0.2) is 23.1 Å². The van der Waals surface area contributed by atoms with Crippen LogP contribution >= 0.6 is 0 Å². The van der Waals surface area contributed by atoms with Crippen molar-refractivity contribution in [2.75, 3.05) is 51.8 Å². The molecule has 2 aromatic rings. The number of fused-ring (bicyclic) bond motifs is 1. The number of carbonyl (C=O) groups excluding carboxylic acids is 1. The van der Waals surface area contributed by atoms with Crippen molar-refractivity contribution in [1.82, 2.24) is 19.8 Å². The standard InChI is InChI=1S/C27H34F3N5O2/c1-16(19-4-3-5-20(24(19)28)25(29)30)31-27-21-12-17(6-7-23(36)35-8-10-37-11-9-35)13-22(21)32-26(33-27)18-14-34(2)15-18/h3-5,16-18,25H,6-15H2,1-2H3,(H,31,32,33)/t16-,17?/m1/s1. The SMILES string of the molecule is C[C@@H](Nc1nc(C2CN(C)C2)nc2c1CC(CCC(=O)N1CCOCC1)C2)c1cccc(C(F)F)c1F. The second kappa shape index (κ2) is 10.9. The second-order valence-electron chi connectivity index (χ2n) is 10.5. The van der Waals surface area contributed by atoms with Crippen molar-refractivity contribution in [1.29, 1.82) is 0 Å². The van der Waals surface area contributed by atoms with Crippen LogP contribution in [0.1, 0.15) is 66.4 Å². The zero-order valence-corrected chi connectivity index (χ0v) is 21.4. The summed E-state index contributed by atoms with van der Waals surface area (Å²) in [5, 5.41) is 3.32. The van der Waals surface area contributed by atoms with E-state index in [1.807, 2.05) is 11.9 Å². The third-order valence-corrected chi connectivity index (χ3v) is 7.76. The van der Waals surface area contributed by atoms with E-state index in [9.17, 15) is 18.0 Å². The minimum absolute atomic E-state index is 0.157. The number of benzene rings is 1. The Kier molecular flexibility index (Phi) is 7.67. The number of hydrogen-bond acceptors (Lipinski definition) is 6. The Morgan fingerprint density at radius 1 is 1.16 bits per heavy atom. The number of halogens is 3. The van der Waals surface area contributed by atoms with Crippen LogP contribution in [-0.4, -0.2) is 72.1 Å². The number of ether oxygens (including phenoxy) is 1. The Bertz CT molecular complexity index is 1140. The topological polar surface area (TPSA) is 70.6 Å². The molecular formula is C27H34F3N5O2. The summed E-state index contributed by atoms with van der Waals surface area (Å²) in [7, 11) is 2.05. The van der Waals surface area contributed by atoms with Gasteiger partial charge in [0, 0.05) is 55.3 Å². The predicted molar refractivity (Wildman–Crippen MR) is 133 cm³/mol. The minimum atomic E-state index is -2.88. The molecule has 0 spiro atoms. The normalized spacial score (nSPS) is 21.1. The molecule has 200 valence electrons. The number of likely N-dealkylation sites (tertiary alicyclic amines) is 1. The molecule has 7 nitrogen and oxygen atoms in total. The summed E-state index contributed by atoms with van der Waals surface area (Å²) < 4.78 is 46.7. The monoisotopic (exact) mass is 517 g/mol. The lowest BCUT2D eigenvalue weighted by Gasteiger charge is -2.35. The number of hydrogen-bond donors (Lipinski definition) is 1. The average molecular weight is 518 g/mol. The number of likely N-dealkylation sites (N-methyl/N-ethyl adjacent to an activating group) is 1. The summed E-state index contributed by atoms with van der Waals surface area (Å²) >= 11 is 0. The molecule has 3 aliphatic rings. The Morgan fingerprint density at radius 3 is 2.59 bits per heavy atom. The van der Waals surface area contributed by atoms with E-state index >= 15 is 0 Å². The number of nitrogens with one attached hydrogen (secondary N) is 1. The molecular weight excluding hydrogens is 483 g/mol. The van der Waals surface area contributed by atoms with Gasteiger partial charge in [-0.1, -0.05) is 18.2 Å². The molecule has 2 saturated heterocycles. The molecule has 5 rings (SSSR count). The van der Waals surface area contributed by atoms with Gasteiger partial charge < -0.3 is 19.9 Å². The van der Waals surface area contributed by atoms with Gasteiger partial charge in [0.1, 0.15) is 17.5 Å². The van der Waals surface area contributed by atoms with Crippen LogP contribution in [-0.2, 0) is 22.4 Å². The Balaban J connectivity index is 1.34. The van der Waals surface area contributed by atoms with E-state index in [0.717, 1.165) is 55.5 Å². The van der Waals surface area contributed by atoms with E-state index in [2.05, 4.69) is 10.2 Å². The number of nitrogens with zero attached hydrogens (tertiary/aromatic N) is 4. The van der Waals surface area contributed by atoms with Crippen LogP contribution in [0, 0.1) is 11.7 Å². The fraction of sp³-hybridized carbons (Fsp3) is 0.593. The Morgan fingerprint density at radius 2 is 1.89 bits per heavy atom. The van der Waals surface area contributed by atoms with Crippen LogP contribution in [0.5, 0.6) is 0 Å². The molecule has 3 heterocycles. The van der Waals surface area contributed by atoms with Crippen LogP contribution in [0.25, 0.3) is 0 Å². The number of carbonyl (C=O) groups is 1. The van der Waals surface area contributed by atoms with Gasteiger partial charge in [0.25, 0.3) is 6.43 Å². The molecule has 0 radical (unpaired) electrons. The summed E-state index contributed by atoms with van der Waals surface area (Å²) in [6.07, 6.45) is -0.142. The molecule has 0 bridgehead atoms. The highest BCUT2D eigenvalue weighted by atomic mass is 19.3. The Labute approximate surface area is 215 Å². The third kappa shape index (κ3) is 5.60. The van der Waals surface area contributed by atoms with E-state index in [1.54, 1.807) is 6.92 Å². The molecule has 2 aliphatic heterocycles. The largest absolute Gasteiger partial charge is 0.378 e. The molecule has 1 N–H and O–H groups in total. The number of rotatable bonds is 8. The zero-order valence-electron chi connectivity index (χ0n) is 21.4. The van der Waals surface area contributed by atoms with Gasteiger partial charge in [0.15, 0.2) is 0 Å². The number of aromatic nitrogens is 2. The molecule has 0 saturated carbocycles. The highest BCUT2D eigenvalue weighted by Gasteiger charge is 2.33. The first-order valence-electron chi connectivity index (χ1n) is 13.1. The highest BCUT2D eigenvalue weighted by molar-refractivity contribution is 5.76. The first-order valence-corrected chi connectivity index (χ1v) is 13.1. The molecule has 10 heteroatoms. The maximum Gasteiger partial charge on any atom is 0.266 e. The lowest BCUT2D eigenvalue weighted by molar-refractivity contribution is -0.135. The fourth-order valence-corrected chi connectivity index (χ4v) is 5.59. The van der Waals surface area contributed by atoms with Gasteiger partial charge in [-0.2, -0.15) is 0 Å². The van der Waals surface area contributed by atoms with Gasteiger partial charge in [0.05, 0.1) is 24.8 Å². The van der Waals surface area contributed by atoms with Gasteiger partial charge in [0.2, 0.25) is 5.91 Å². The summed E-state index contributed by atoms with van der Waals surface area (Å²) in [5.74, 6) is 1.17. The summed E-state index contributed by atoms with van der Waals surface area (Å²) in [5.41, 5.74) is 1.54. The van der Waals surface area contributed by atoms with Crippen molar-refractivity contribution < 1.29 is 22.7 Å². The van der Waals surface area contributed by atoms with Gasteiger partial charge >= 0.3 is 0 Å². The molecule has 1 unspecified atom stereocenters. The van der Waals surface area contributed by atoms with Gasteiger partial charge in [-0.05, 0) is 39.2 Å². The van der Waals surface area contributed by atoms with Gasteiger partial charge in [-0.3, -0.25) is 4.79 Å². The molecule has 1 aromatic heterocycles. The smallest absolute Gasteiger partial charge is 0.266 e. The van der Waals surface area contributed by atoms with E-state index in [4.69, 9.17) is 14.7 Å². The van der Waals surface area contributed by atoms with E-state index in [1.165, 1.54) is 12.1 Å².